The van der Waals surface area contributed by atoms with Gasteiger partial charge in [-0.1, -0.05) is 239 Å². The monoisotopic (exact) mass is 949 g/mol. The van der Waals surface area contributed by atoms with Gasteiger partial charge in [0, 0.05) is 13.7 Å². The number of unbranched alkanes of at least 4 members (excludes halogenated alkanes) is 1. The molecule has 0 radical (unpaired) electrons. The standard InChI is InChI=1S/C20H32.C18H28.C17H26S.C11H22O/c1-18(2,3)15-16-20(5,17-11-7-6-8-12-17)19(4)13-9-10-14-19;1-4-5-15-18(3,16-11-7-6-8-12-16)17(2)13-9-10-14-17;1-16(11-7-8-12-16)17(2,13-14-18-3)15-9-5-4-6-10-15;1-10(2)6-5-7-11(10,3)8-9-12-4/h6-8,11-12H,9-10,13-16H2,1-5H3;6-8,11-12H,4-5,9-10,13-15H2,1-3H3;4-6,9-10H,7-8,11-14H2,1-3H3;5-9H2,1-4H3/t20-;18-;17-;11-/m1110/s1. The Morgan fingerprint density at radius 1 is 0.471 bits per heavy atom. The van der Waals surface area contributed by atoms with Gasteiger partial charge in [-0.05, 0) is 161 Å². The van der Waals surface area contributed by atoms with Gasteiger partial charge in [0.25, 0.3) is 0 Å². The summed E-state index contributed by atoms with van der Waals surface area (Å²) in [7, 11) is 1.80. The van der Waals surface area contributed by atoms with E-state index in [1.807, 2.05) is 11.8 Å². The fourth-order valence-corrected chi connectivity index (χ4v) is 14.3. The van der Waals surface area contributed by atoms with Crippen molar-refractivity contribution in [1.29, 1.82) is 0 Å². The molecule has 0 bridgehead atoms. The van der Waals surface area contributed by atoms with E-state index < -0.39 is 0 Å². The molecule has 4 fully saturated rings. The average molecular weight is 950 g/mol. The molecule has 3 aromatic carbocycles. The molecule has 4 aliphatic carbocycles. The van der Waals surface area contributed by atoms with Gasteiger partial charge < -0.3 is 4.74 Å². The zero-order valence-electron chi connectivity index (χ0n) is 47.4. The molecule has 0 spiro atoms. The van der Waals surface area contributed by atoms with Gasteiger partial charge in [0.1, 0.15) is 0 Å². The predicted octanol–water partition coefficient (Wildman–Crippen LogP) is 20.6. The molecule has 68 heavy (non-hydrogen) atoms. The van der Waals surface area contributed by atoms with Crippen molar-refractivity contribution in [3.05, 3.63) is 108 Å². The highest BCUT2D eigenvalue weighted by atomic mass is 32.2. The molecule has 4 atom stereocenters. The lowest BCUT2D eigenvalue weighted by atomic mass is 9.58. The molecule has 3 aromatic rings. The highest BCUT2D eigenvalue weighted by Crippen LogP contribution is 2.58. The van der Waals surface area contributed by atoms with Crippen molar-refractivity contribution >= 4 is 11.8 Å². The van der Waals surface area contributed by atoms with E-state index in [-0.39, 0.29) is 0 Å². The minimum atomic E-state index is 0.317. The van der Waals surface area contributed by atoms with E-state index in [1.165, 1.54) is 147 Å². The van der Waals surface area contributed by atoms with E-state index in [9.17, 15) is 0 Å². The van der Waals surface area contributed by atoms with E-state index in [1.54, 1.807) is 23.8 Å². The van der Waals surface area contributed by atoms with Crippen LogP contribution in [-0.2, 0) is 21.0 Å². The molecule has 4 aliphatic rings. The first-order valence-electron chi connectivity index (χ1n) is 28.2. The van der Waals surface area contributed by atoms with Crippen molar-refractivity contribution in [2.24, 2.45) is 32.5 Å². The van der Waals surface area contributed by atoms with E-state index in [2.05, 4.69) is 187 Å². The fraction of sp³-hybridized carbons (Fsp3) is 0.727. The first-order chi connectivity index (χ1) is 32.0. The summed E-state index contributed by atoms with van der Waals surface area (Å²) in [6.07, 6.45) is 32.4. The van der Waals surface area contributed by atoms with Crippen molar-refractivity contribution in [1.82, 2.24) is 0 Å². The average Bonchev–Trinajstić information content (AvgIpc) is 4.16. The Balaban J connectivity index is 0.000000200. The fourth-order valence-electron chi connectivity index (χ4n) is 13.7. The summed E-state index contributed by atoms with van der Waals surface area (Å²) in [4.78, 5) is 0. The minimum Gasteiger partial charge on any atom is -0.385 e. The summed E-state index contributed by atoms with van der Waals surface area (Å²) in [6.45, 7) is 32.7. The van der Waals surface area contributed by atoms with E-state index in [0.717, 1.165) is 6.61 Å². The number of benzene rings is 3. The summed E-state index contributed by atoms with van der Waals surface area (Å²) in [5, 5.41) is 0. The van der Waals surface area contributed by atoms with Gasteiger partial charge in [-0.3, -0.25) is 0 Å². The van der Waals surface area contributed by atoms with Crippen molar-refractivity contribution in [3.63, 3.8) is 0 Å². The second-order valence-corrected chi connectivity index (χ2v) is 27.3. The second-order valence-electron chi connectivity index (χ2n) is 26.3. The molecule has 0 unspecified atom stereocenters. The van der Waals surface area contributed by atoms with Gasteiger partial charge in [0.2, 0.25) is 0 Å². The highest BCUT2D eigenvalue weighted by molar-refractivity contribution is 7.98. The minimum absolute atomic E-state index is 0.317. The van der Waals surface area contributed by atoms with Gasteiger partial charge in [0.05, 0.1) is 0 Å². The number of hydrogen-bond acceptors (Lipinski definition) is 2. The van der Waals surface area contributed by atoms with Crippen LogP contribution in [0.5, 0.6) is 0 Å². The number of rotatable bonds is 17. The Kier molecular flexibility index (Phi) is 22.0. The van der Waals surface area contributed by atoms with Crippen LogP contribution in [-0.4, -0.2) is 25.7 Å². The third kappa shape index (κ3) is 14.3. The molecule has 2 heteroatoms. The number of ether oxygens (including phenoxy) is 1. The summed E-state index contributed by atoms with van der Waals surface area (Å²) < 4.78 is 5.16. The van der Waals surface area contributed by atoms with Crippen LogP contribution in [0.3, 0.4) is 0 Å². The molecule has 0 aromatic heterocycles. The molecular weight excluding hydrogens is 841 g/mol. The molecule has 0 N–H and O–H groups in total. The van der Waals surface area contributed by atoms with Crippen LogP contribution in [0.25, 0.3) is 0 Å². The summed E-state index contributed by atoms with van der Waals surface area (Å²) in [6, 6.07) is 33.7. The summed E-state index contributed by atoms with van der Waals surface area (Å²) >= 11 is 1.98. The Labute approximate surface area is 427 Å². The molecule has 4 saturated carbocycles. The van der Waals surface area contributed by atoms with E-state index >= 15 is 0 Å². The lowest BCUT2D eigenvalue weighted by Gasteiger charge is -2.46. The normalized spacial score (nSPS) is 23.9. The van der Waals surface area contributed by atoms with Crippen molar-refractivity contribution < 1.29 is 4.74 Å². The highest BCUT2D eigenvalue weighted by Gasteiger charge is 2.49. The van der Waals surface area contributed by atoms with Gasteiger partial charge in [-0.25, -0.2) is 0 Å². The number of thioether (sulfide) groups is 1. The first kappa shape index (κ1) is 58.5. The topological polar surface area (TPSA) is 9.23 Å². The van der Waals surface area contributed by atoms with Crippen molar-refractivity contribution in [2.75, 3.05) is 25.7 Å². The molecule has 0 heterocycles. The van der Waals surface area contributed by atoms with Gasteiger partial charge >= 0.3 is 0 Å². The van der Waals surface area contributed by atoms with Crippen LogP contribution >= 0.6 is 11.8 Å². The maximum atomic E-state index is 5.16. The first-order valence-corrected chi connectivity index (χ1v) is 29.6. The van der Waals surface area contributed by atoms with E-state index in [0.29, 0.717) is 48.7 Å². The molecular formula is C66H108OS. The maximum absolute atomic E-state index is 5.16. The van der Waals surface area contributed by atoms with Crippen LogP contribution in [0, 0.1) is 32.5 Å². The third-order valence-electron chi connectivity index (χ3n) is 20.6. The number of hydrogen-bond donors (Lipinski definition) is 0. The molecule has 0 saturated heterocycles. The molecule has 7 rings (SSSR count). The lowest BCUT2D eigenvalue weighted by molar-refractivity contribution is 0.0729. The molecule has 0 amide bonds. The Morgan fingerprint density at radius 3 is 1.15 bits per heavy atom. The zero-order chi connectivity index (χ0) is 50.2. The van der Waals surface area contributed by atoms with Gasteiger partial charge in [-0.2, -0.15) is 11.8 Å². The second kappa shape index (κ2) is 25.6. The molecule has 1 nitrogen and oxygen atoms in total. The SMILES string of the molecule is CC(C)(C)CC[C@](C)(c1ccccc1)C1(C)CCCC1.CCCC[C@](C)(c1ccccc1)C1(C)CCCC1.COCC[C@]1(C)CCCC1(C)C.CSCC[C@](C)(c1ccccc1)C1(C)CCCC1. The van der Waals surface area contributed by atoms with Crippen molar-refractivity contribution in [2.45, 2.75) is 248 Å². The van der Waals surface area contributed by atoms with Crippen LogP contribution in [0.1, 0.15) is 248 Å². The smallest absolute Gasteiger partial charge is 0.0467 e. The largest absolute Gasteiger partial charge is 0.385 e. The van der Waals surface area contributed by atoms with Crippen LogP contribution in [0.15, 0.2) is 91.0 Å². The zero-order valence-corrected chi connectivity index (χ0v) is 48.3. The predicted molar refractivity (Wildman–Crippen MR) is 305 cm³/mol. The number of methoxy groups -OCH3 is 1. The molecule has 0 aliphatic heterocycles. The molecule has 384 valence electrons. The third-order valence-corrected chi connectivity index (χ3v) is 21.2. The van der Waals surface area contributed by atoms with Crippen LogP contribution < -0.4 is 0 Å². The van der Waals surface area contributed by atoms with E-state index in [4.69, 9.17) is 4.74 Å². The van der Waals surface area contributed by atoms with Crippen LogP contribution in [0.4, 0.5) is 0 Å². The quantitative estimate of drug-likeness (QED) is 0.133. The Morgan fingerprint density at radius 2 is 0.838 bits per heavy atom. The summed E-state index contributed by atoms with van der Waals surface area (Å²) in [5.41, 5.74) is 8.60. The summed E-state index contributed by atoms with van der Waals surface area (Å²) in [5.74, 6) is 1.26. The maximum Gasteiger partial charge on any atom is 0.0467 e. The van der Waals surface area contributed by atoms with Crippen molar-refractivity contribution in [3.8, 4) is 0 Å². The lowest BCUT2D eigenvalue weighted by Crippen LogP contribution is -2.40. The van der Waals surface area contributed by atoms with Crippen LogP contribution in [0.2, 0.25) is 0 Å². The Bertz CT molecular complexity index is 1750. The van der Waals surface area contributed by atoms with Gasteiger partial charge in [-0.15, -0.1) is 0 Å². The van der Waals surface area contributed by atoms with Gasteiger partial charge in [0.15, 0.2) is 0 Å². The Hall–Kier alpha value is -2.03.